The van der Waals surface area contributed by atoms with Gasteiger partial charge < -0.3 is 4.90 Å². The van der Waals surface area contributed by atoms with Crippen LogP contribution in [0.15, 0.2) is 48.5 Å². The van der Waals surface area contributed by atoms with Crippen LogP contribution in [0.5, 0.6) is 0 Å². The minimum absolute atomic E-state index is 0.186. The highest BCUT2D eigenvalue weighted by atomic mass is 79.9. The zero-order valence-electron chi connectivity index (χ0n) is 26.1. The second-order valence-electron chi connectivity index (χ2n) is 12.1. The number of nitrogens with zero attached hydrogens (tertiary/aromatic N) is 3. The van der Waals surface area contributed by atoms with E-state index in [9.17, 15) is 19.2 Å². The van der Waals surface area contributed by atoms with E-state index in [0.29, 0.717) is 35.3 Å². The molecule has 0 atom stereocenters. The summed E-state index contributed by atoms with van der Waals surface area (Å²) in [4.78, 5) is 56.1. The molecule has 4 rings (SSSR count). The second-order valence-corrected chi connectivity index (χ2v) is 12.9. The fraction of sp³-hybridized carbons (Fsp3) is 0.556. The number of carbonyl (C=O) groups is 4. The third-order valence-corrected chi connectivity index (χ3v) is 9.39. The lowest BCUT2D eigenvalue weighted by molar-refractivity contribution is 0.0637. The van der Waals surface area contributed by atoms with Gasteiger partial charge in [0.2, 0.25) is 0 Å². The van der Waals surface area contributed by atoms with E-state index in [1.807, 2.05) is 0 Å². The van der Waals surface area contributed by atoms with Crippen molar-refractivity contribution in [1.29, 1.82) is 0 Å². The Morgan fingerprint density at radius 3 is 1.07 bits per heavy atom. The summed E-state index contributed by atoms with van der Waals surface area (Å²) in [6.07, 6.45) is 16.3. The molecule has 0 saturated carbocycles. The zero-order valence-corrected chi connectivity index (χ0v) is 27.7. The molecule has 0 aliphatic carbocycles. The first-order chi connectivity index (χ1) is 21.5. The lowest BCUT2D eigenvalue weighted by Gasteiger charge is -2.23. The van der Waals surface area contributed by atoms with Gasteiger partial charge >= 0.3 is 0 Å². The molecule has 0 fully saturated rings. The van der Waals surface area contributed by atoms with Crippen LogP contribution >= 0.6 is 15.9 Å². The summed E-state index contributed by atoms with van der Waals surface area (Å²) in [6, 6.07) is 14.1. The fourth-order valence-corrected chi connectivity index (χ4v) is 6.67. The van der Waals surface area contributed by atoms with E-state index in [1.54, 1.807) is 48.5 Å². The predicted molar refractivity (Wildman–Crippen MR) is 178 cm³/mol. The smallest absolute Gasteiger partial charge is 0.261 e. The average molecular weight is 667 g/mol. The first-order valence-electron chi connectivity index (χ1n) is 16.7. The monoisotopic (exact) mass is 665 g/mol. The van der Waals surface area contributed by atoms with E-state index >= 15 is 0 Å². The Morgan fingerprint density at radius 1 is 0.432 bits per heavy atom. The van der Waals surface area contributed by atoms with E-state index in [1.165, 1.54) is 67.6 Å². The van der Waals surface area contributed by atoms with Crippen LogP contribution in [-0.2, 0) is 0 Å². The molecule has 2 aromatic carbocycles. The Kier molecular flexibility index (Phi) is 14.1. The van der Waals surface area contributed by atoms with Crippen molar-refractivity contribution in [1.82, 2.24) is 14.7 Å². The third kappa shape index (κ3) is 9.33. The predicted octanol–water partition coefficient (Wildman–Crippen LogP) is 7.74. The zero-order chi connectivity index (χ0) is 31.1. The Bertz CT molecular complexity index is 1110. The Labute approximate surface area is 271 Å². The van der Waals surface area contributed by atoms with Crippen LogP contribution in [0.1, 0.15) is 131 Å². The number of fused-ring (bicyclic) bond motifs is 2. The molecule has 2 aliphatic heterocycles. The maximum absolute atomic E-state index is 12.7. The number of hydrogen-bond acceptors (Lipinski definition) is 5. The van der Waals surface area contributed by atoms with E-state index in [4.69, 9.17) is 0 Å². The number of benzene rings is 2. The molecule has 0 radical (unpaired) electrons. The molecule has 238 valence electrons. The minimum atomic E-state index is -0.186. The van der Waals surface area contributed by atoms with Gasteiger partial charge in [-0.15, -0.1) is 0 Å². The standard InChI is InChI=1S/C36H48BrN3O4/c37-23-13-7-5-3-1-2-4-6-8-14-24-38(25-15-17-27-39-33(41)29-19-9-10-20-30(29)34(39)42)26-16-18-28-40-35(43)31-21-11-12-22-32(31)36(40)44/h9-12,19-22H,1-8,13-18,23-28H2. The molecule has 0 bridgehead atoms. The number of imide groups is 2. The number of halogens is 1. The van der Waals surface area contributed by atoms with Gasteiger partial charge in [-0.3, -0.25) is 29.0 Å². The van der Waals surface area contributed by atoms with Gasteiger partial charge in [0.25, 0.3) is 23.6 Å². The quantitative estimate of drug-likeness (QED) is 0.0730. The molecule has 2 aliphatic rings. The van der Waals surface area contributed by atoms with E-state index < -0.39 is 0 Å². The van der Waals surface area contributed by atoms with Crippen LogP contribution in [0.25, 0.3) is 0 Å². The number of unbranched alkanes of at least 4 members (excludes halogenated alkanes) is 11. The average Bonchev–Trinajstić information content (AvgIpc) is 3.43. The van der Waals surface area contributed by atoms with Gasteiger partial charge in [-0.05, 0) is 82.4 Å². The van der Waals surface area contributed by atoms with E-state index in [2.05, 4.69) is 20.8 Å². The molecule has 0 N–H and O–H groups in total. The topological polar surface area (TPSA) is 78.0 Å². The van der Waals surface area contributed by atoms with Crippen LogP contribution < -0.4 is 0 Å². The van der Waals surface area contributed by atoms with Crippen molar-refractivity contribution in [2.24, 2.45) is 0 Å². The van der Waals surface area contributed by atoms with Crippen molar-refractivity contribution < 1.29 is 19.2 Å². The van der Waals surface area contributed by atoms with Gasteiger partial charge in [-0.1, -0.05) is 91.6 Å². The van der Waals surface area contributed by atoms with Gasteiger partial charge in [0.1, 0.15) is 0 Å². The third-order valence-electron chi connectivity index (χ3n) is 8.83. The van der Waals surface area contributed by atoms with Crippen LogP contribution in [0, 0.1) is 0 Å². The summed E-state index contributed by atoms with van der Waals surface area (Å²) < 4.78 is 0. The molecule has 2 heterocycles. The summed E-state index contributed by atoms with van der Waals surface area (Å²) in [5.74, 6) is -0.742. The van der Waals surface area contributed by atoms with Gasteiger partial charge in [-0.25, -0.2) is 0 Å². The molecule has 8 heteroatoms. The SMILES string of the molecule is O=C1c2ccccc2C(=O)N1CCCCN(CCCCCCCCCCCCBr)CCCCN1C(=O)c2ccccc2C1=O. The van der Waals surface area contributed by atoms with Crippen molar-refractivity contribution in [2.75, 3.05) is 38.1 Å². The lowest BCUT2D eigenvalue weighted by Crippen LogP contribution is -2.33. The van der Waals surface area contributed by atoms with Crippen molar-refractivity contribution in [3.8, 4) is 0 Å². The van der Waals surface area contributed by atoms with Crippen molar-refractivity contribution in [3.05, 3.63) is 70.8 Å². The van der Waals surface area contributed by atoms with Crippen LogP contribution in [-0.4, -0.2) is 76.4 Å². The largest absolute Gasteiger partial charge is 0.303 e. The summed E-state index contributed by atoms with van der Waals surface area (Å²) >= 11 is 3.50. The molecule has 0 unspecified atom stereocenters. The highest BCUT2D eigenvalue weighted by Gasteiger charge is 2.35. The molecular formula is C36H48BrN3O4. The van der Waals surface area contributed by atoms with Gasteiger partial charge in [-0.2, -0.15) is 0 Å². The van der Waals surface area contributed by atoms with Gasteiger partial charge in [0.15, 0.2) is 0 Å². The molecule has 0 aromatic heterocycles. The van der Waals surface area contributed by atoms with Crippen molar-refractivity contribution in [3.63, 3.8) is 0 Å². The van der Waals surface area contributed by atoms with Crippen LogP contribution in [0.3, 0.4) is 0 Å². The Hall–Kier alpha value is -2.84. The first-order valence-corrected chi connectivity index (χ1v) is 17.8. The summed E-state index contributed by atoms with van der Waals surface area (Å²) in [7, 11) is 0. The summed E-state index contributed by atoms with van der Waals surface area (Å²) in [5.41, 5.74) is 2.03. The highest BCUT2D eigenvalue weighted by molar-refractivity contribution is 9.09. The maximum atomic E-state index is 12.7. The van der Waals surface area contributed by atoms with Crippen LogP contribution in [0.4, 0.5) is 0 Å². The molecule has 0 spiro atoms. The molecule has 0 saturated heterocycles. The van der Waals surface area contributed by atoms with Crippen molar-refractivity contribution >= 4 is 39.6 Å². The second kappa shape index (κ2) is 18.2. The van der Waals surface area contributed by atoms with E-state index in [0.717, 1.165) is 57.1 Å². The maximum Gasteiger partial charge on any atom is 0.261 e. The normalized spacial score (nSPS) is 14.3. The number of alkyl halides is 1. The summed E-state index contributed by atoms with van der Waals surface area (Å²) in [6.45, 7) is 3.72. The minimum Gasteiger partial charge on any atom is -0.303 e. The molecule has 4 amide bonds. The van der Waals surface area contributed by atoms with Crippen LogP contribution in [0.2, 0.25) is 0 Å². The van der Waals surface area contributed by atoms with Crippen molar-refractivity contribution in [2.45, 2.75) is 89.9 Å². The Balaban J connectivity index is 1.17. The number of rotatable bonds is 22. The first kappa shape index (κ1) is 34.0. The summed E-state index contributed by atoms with van der Waals surface area (Å²) in [5, 5.41) is 1.11. The van der Waals surface area contributed by atoms with E-state index in [-0.39, 0.29) is 23.6 Å². The Morgan fingerprint density at radius 2 is 0.727 bits per heavy atom. The number of carbonyl (C=O) groups excluding carboxylic acids is 4. The molecule has 7 nitrogen and oxygen atoms in total. The number of hydrogen-bond donors (Lipinski definition) is 0. The molecule has 44 heavy (non-hydrogen) atoms. The highest BCUT2D eigenvalue weighted by Crippen LogP contribution is 2.24. The number of amides is 4. The van der Waals surface area contributed by atoms with Gasteiger partial charge in [0, 0.05) is 18.4 Å². The molecule has 2 aromatic rings. The molecular weight excluding hydrogens is 618 g/mol. The van der Waals surface area contributed by atoms with Gasteiger partial charge in [0.05, 0.1) is 22.3 Å². The fourth-order valence-electron chi connectivity index (χ4n) is 6.27. The lowest BCUT2D eigenvalue weighted by atomic mass is 10.1.